The zero-order valence-corrected chi connectivity index (χ0v) is 18.7. The number of anilines is 2. The molecule has 0 radical (unpaired) electrons. The maximum atomic E-state index is 12.6. The number of benzene rings is 2. The van der Waals surface area contributed by atoms with Gasteiger partial charge in [0, 0.05) is 18.8 Å². The van der Waals surface area contributed by atoms with Gasteiger partial charge in [0.25, 0.3) is 0 Å². The monoisotopic (exact) mass is 429 g/mol. The third-order valence-corrected chi connectivity index (χ3v) is 6.79. The highest BCUT2D eigenvalue weighted by atomic mass is 32.2. The smallest absolute Gasteiger partial charge is 0.241 e. The van der Waals surface area contributed by atoms with Crippen molar-refractivity contribution in [3.63, 3.8) is 0 Å². The molecule has 0 saturated carbocycles. The summed E-state index contributed by atoms with van der Waals surface area (Å²) in [7, 11) is -3.57. The highest BCUT2D eigenvalue weighted by molar-refractivity contribution is 7.92. The molecule has 0 aliphatic carbocycles. The third kappa shape index (κ3) is 5.75. The van der Waals surface area contributed by atoms with Gasteiger partial charge in [-0.3, -0.25) is 9.10 Å². The van der Waals surface area contributed by atoms with Gasteiger partial charge in [-0.1, -0.05) is 37.3 Å². The molecule has 6 nitrogen and oxygen atoms in total. The van der Waals surface area contributed by atoms with Gasteiger partial charge >= 0.3 is 0 Å². The van der Waals surface area contributed by atoms with E-state index in [0.717, 1.165) is 35.1 Å². The summed E-state index contributed by atoms with van der Waals surface area (Å²) in [6, 6.07) is 16.7. The molecule has 2 aromatic carbocycles. The number of nitrogens with one attached hydrogen (secondary N) is 1. The summed E-state index contributed by atoms with van der Waals surface area (Å²) in [4.78, 5) is 15.0. The summed E-state index contributed by atoms with van der Waals surface area (Å²) in [5.74, 6) is 0.448. The van der Waals surface area contributed by atoms with Crippen LogP contribution in [-0.4, -0.2) is 40.2 Å². The van der Waals surface area contributed by atoms with Crippen molar-refractivity contribution in [3.8, 4) is 0 Å². The van der Waals surface area contributed by atoms with E-state index in [9.17, 15) is 13.2 Å². The van der Waals surface area contributed by atoms with Gasteiger partial charge in [-0.05, 0) is 55.5 Å². The van der Waals surface area contributed by atoms with E-state index in [1.54, 1.807) is 30.3 Å². The quantitative estimate of drug-likeness (QED) is 0.731. The number of amides is 1. The minimum absolute atomic E-state index is 0.217. The maximum absolute atomic E-state index is 12.6. The third-order valence-electron chi connectivity index (χ3n) is 5.65. The fraction of sp³-hybridized carbons (Fsp3) is 0.435. The van der Waals surface area contributed by atoms with E-state index >= 15 is 0 Å². The lowest BCUT2D eigenvalue weighted by molar-refractivity contribution is -0.120. The minimum atomic E-state index is -3.57. The topological polar surface area (TPSA) is 69.7 Å². The van der Waals surface area contributed by atoms with Gasteiger partial charge in [0.05, 0.1) is 18.0 Å². The van der Waals surface area contributed by atoms with Gasteiger partial charge in [0.15, 0.2) is 0 Å². The van der Waals surface area contributed by atoms with Crippen molar-refractivity contribution in [1.82, 2.24) is 5.32 Å². The Balaban J connectivity index is 1.62. The second-order valence-corrected chi connectivity index (χ2v) is 10.1. The molecule has 1 saturated heterocycles. The Morgan fingerprint density at radius 3 is 2.27 bits per heavy atom. The van der Waals surface area contributed by atoms with Crippen molar-refractivity contribution in [2.75, 3.05) is 35.1 Å². The van der Waals surface area contributed by atoms with Crippen LogP contribution in [0.3, 0.4) is 0 Å². The Morgan fingerprint density at radius 1 is 1.10 bits per heavy atom. The van der Waals surface area contributed by atoms with Gasteiger partial charge < -0.3 is 10.2 Å². The van der Waals surface area contributed by atoms with Crippen LogP contribution in [0.2, 0.25) is 0 Å². The molecule has 1 aliphatic rings. The number of sulfonamides is 1. The molecule has 30 heavy (non-hydrogen) atoms. The van der Waals surface area contributed by atoms with Crippen LogP contribution in [0, 0.1) is 5.92 Å². The number of para-hydroxylation sites is 1. The summed E-state index contributed by atoms with van der Waals surface area (Å²) in [5, 5.41) is 2.91. The zero-order chi connectivity index (χ0) is 21.7. The zero-order valence-electron chi connectivity index (χ0n) is 17.9. The number of piperidine rings is 1. The lowest BCUT2D eigenvalue weighted by atomic mass is 9.98. The predicted octanol–water partition coefficient (Wildman–Crippen LogP) is 3.57. The van der Waals surface area contributed by atoms with Crippen molar-refractivity contribution >= 4 is 27.3 Å². The summed E-state index contributed by atoms with van der Waals surface area (Å²) in [6.45, 7) is 6.11. The average molecular weight is 430 g/mol. The molecule has 1 heterocycles. The number of hydrogen-bond acceptors (Lipinski definition) is 4. The minimum Gasteiger partial charge on any atom is -0.372 e. The van der Waals surface area contributed by atoms with E-state index in [1.807, 2.05) is 19.1 Å². The first kappa shape index (κ1) is 22.2. The van der Waals surface area contributed by atoms with Crippen molar-refractivity contribution in [1.29, 1.82) is 0 Å². The van der Waals surface area contributed by atoms with Gasteiger partial charge in [0.1, 0.15) is 6.54 Å². The van der Waals surface area contributed by atoms with E-state index < -0.39 is 10.0 Å². The van der Waals surface area contributed by atoms with Crippen LogP contribution < -0.4 is 14.5 Å². The Hall–Kier alpha value is -2.54. The SMILES string of the molecule is CC1CCN(c2ccc(C(C)NC(=O)CN(c3ccccc3)S(C)(=O)=O)cc2)CC1. The summed E-state index contributed by atoms with van der Waals surface area (Å²) in [5.41, 5.74) is 2.67. The molecule has 1 unspecified atom stereocenters. The molecule has 1 fully saturated rings. The van der Waals surface area contributed by atoms with Crippen LogP contribution in [0.25, 0.3) is 0 Å². The molecule has 2 aromatic rings. The molecule has 1 N–H and O–H groups in total. The molecular weight excluding hydrogens is 398 g/mol. The largest absolute Gasteiger partial charge is 0.372 e. The molecule has 7 heteroatoms. The molecule has 162 valence electrons. The molecule has 1 aliphatic heterocycles. The number of nitrogens with zero attached hydrogens (tertiary/aromatic N) is 2. The van der Waals surface area contributed by atoms with Crippen LogP contribution >= 0.6 is 0 Å². The van der Waals surface area contributed by atoms with Crippen LogP contribution in [-0.2, 0) is 14.8 Å². The van der Waals surface area contributed by atoms with Crippen molar-refractivity contribution in [2.45, 2.75) is 32.7 Å². The van der Waals surface area contributed by atoms with E-state index in [-0.39, 0.29) is 18.5 Å². The van der Waals surface area contributed by atoms with Crippen LogP contribution in [0.15, 0.2) is 54.6 Å². The standard InChI is InChI=1S/C23H31N3O3S/c1-18-13-15-25(16-14-18)21-11-9-20(10-12-21)19(2)24-23(27)17-26(30(3,28)29)22-7-5-4-6-8-22/h4-12,18-19H,13-17H2,1-3H3,(H,24,27). The van der Waals surface area contributed by atoms with Crippen LogP contribution in [0.4, 0.5) is 11.4 Å². The summed E-state index contributed by atoms with van der Waals surface area (Å²) < 4.78 is 25.5. The first-order chi connectivity index (χ1) is 14.2. The second kappa shape index (κ2) is 9.51. The highest BCUT2D eigenvalue weighted by Gasteiger charge is 2.22. The van der Waals surface area contributed by atoms with E-state index in [4.69, 9.17) is 0 Å². The van der Waals surface area contributed by atoms with Gasteiger partial charge in [-0.2, -0.15) is 0 Å². The average Bonchev–Trinajstić information content (AvgIpc) is 2.72. The first-order valence-corrected chi connectivity index (χ1v) is 12.3. The van der Waals surface area contributed by atoms with E-state index in [0.29, 0.717) is 5.69 Å². The number of rotatable bonds is 7. The Labute approximate surface area is 179 Å². The van der Waals surface area contributed by atoms with Crippen molar-refractivity contribution in [2.24, 2.45) is 5.92 Å². The molecule has 1 atom stereocenters. The number of carbonyl (C=O) groups is 1. The van der Waals surface area contributed by atoms with Gasteiger partial charge in [-0.15, -0.1) is 0 Å². The second-order valence-electron chi connectivity index (χ2n) is 8.16. The van der Waals surface area contributed by atoms with Gasteiger partial charge in [-0.25, -0.2) is 8.42 Å². The normalized spacial score (nSPS) is 16.2. The highest BCUT2D eigenvalue weighted by Crippen LogP contribution is 2.24. The van der Waals surface area contributed by atoms with Gasteiger partial charge in [0.2, 0.25) is 15.9 Å². The Kier molecular flexibility index (Phi) is 7.02. The lowest BCUT2D eigenvalue weighted by Crippen LogP contribution is -2.41. The summed E-state index contributed by atoms with van der Waals surface area (Å²) in [6.07, 6.45) is 3.54. The first-order valence-electron chi connectivity index (χ1n) is 10.4. The predicted molar refractivity (Wildman–Crippen MR) is 122 cm³/mol. The van der Waals surface area contributed by atoms with Crippen molar-refractivity contribution in [3.05, 3.63) is 60.2 Å². The maximum Gasteiger partial charge on any atom is 0.241 e. The fourth-order valence-electron chi connectivity index (χ4n) is 3.74. The number of hydrogen-bond donors (Lipinski definition) is 1. The molecule has 0 spiro atoms. The lowest BCUT2D eigenvalue weighted by Gasteiger charge is -2.32. The molecular formula is C23H31N3O3S. The molecule has 0 aromatic heterocycles. The Morgan fingerprint density at radius 2 is 1.70 bits per heavy atom. The molecule has 1 amide bonds. The van der Waals surface area contributed by atoms with Crippen LogP contribution in [0.5, 0.6) is 0 Å². The Bertz CT molecular complexity index is 937. The van der Waals surface area contributed by atoms with Crippen LogP contribution in [0.1, 0.15) is 38.3 Å². The molecule has 0 bridgehead atoms. The van der Waals surface area contributed by atoms with E-state index in [2.05, 4.69) is 29.3 Å². The summed E-state index contributed by atoms with van der Waals surface area (Å²) >= 11 is 0. The molecule has 3 rings (SSSR count). The number of carbonyl (C=O) groups excluding carboxylic acids is 1. The van der Waals surface area contributed by atoms with Crippen molar-refractivity contribution < 1.29 is 13.2 Å². The van der Waals surface area contributed by atoms with E-state index in [1.165, 1.54) is 18.5 Å². The fourth-order valence-corrected chi connectivity index (χ4v) is 4.59.